The van der Waals surface area contributed by atoms with Crippen LogP contribution in [0.4, 0.5) is 14.5 Å². The second-order valence-corrected chi connectivity index (χ2v) is 8.13. The lowest BCUT2D eigenvalue weighted by Crippen LogP contribution is -2.30. The number of unbranched alkanes of at least 4 members (excludes halogenated alkanes) is 2. The number of ether oxygens (including phenoxy) is 1. The predicted octanol–water partition coefficient (Wildman–Crippen LogP) is 5.56. The van der Waals surface area contributed by atoms with Crippen molar-refractivity contribution in [3.05, 3.63) is 95.3 Å². The molecular formula is C27H24F2N2O4. The van der Waals surface area contributed by atoms with Crippen molar-refractivity contribution in [2.45, 2.75) is 32.2 Å². The molecule has 1 unspecified atom stereocenters. The van der Waals surface area contributed by atoms with Crippen molar-refractivity contribution in [1.82, 2.24) is 4.98 Å². The number of hydrogen-bond donors (Lipinski definition) is 1. The number of rotatable bonds is 8. The predicted molar refractivity (Wildman–Crippen MR) is 127 cm³/mol. The maximum Gasteiger partial charge on any atom is 0.300 e. The summed E-state index contributed by atoms with van der Waals surface area (Å²) in [5.74, 6) is -3.59. The molecule has 6 nitrogen and oxygen atoms in total. The number of aliphatic hydroxyl groups is 1. The molecule has 3 aromatic rings. The zero-order valence-electron chi connectivity index (χ0n) is 19.1. The number of halogens is 2. The van der Waals surface area contributed by atoms with Crippen LogP contribution in [0.5, 0.6) is 5.75 Å². The minimum Gasteiger partial charge on any atom is -0.507 e. The molecule has 180 valence electrons. The quantitative estimate of drug-likeness (QED) is 0.199. The van der Waals surface area contributed by atoms with Gasteiger partial charge in [-0.3, -0.25) is 19.5 Å². The summed E-state index contributed by atoms with van der Waals surface area (Å²) in [6.07, 6.45) is 5.95. The molecule has 2 heterocycles. The molecule has 2 aromatic carbocycles. The van der Waals surface area contributed by atoms with Crippen LogP contribution in [0.25, 0.3) is 5.76 Å². The molecule has 4 rings (SSSR count). The monoisotopic (exact) mass is 478 g/mol. The maximum atomic E-state index is 14.7. The number of ketones is 1. The van der Waals surface area contributed by atoms with Crippen LogP contribution in [0.1, 0.15) is 43.4 Å². The SMILES string of the molecule is CCCCCOc1ccc(/C(O)=C2\C(=O)C(=O)N(c3cc(F)ccc3F)C2c2cccnc2)cc1. The number of aliphatic hydroxyl groups excluding tert-OH is 1. The van der Waals surface area contributed by atoms with Gasteiger partial charge in [0, 0.05) is 24.0 Å². The van der Waals surface area contributed by atoms with E-state index in [0.29, 0.717) is 17.9 Å². The Labute approximate surface area is 201 Å². The number of benzene rings is 2. The molecule has 0 radical (unpaired) electrons. The van der Waals surface area contributed by atoms with E-state index < -0.39 is 40.8 Å². The van der Waals surface area contributed by atoms with Gasteiger partial charge in [-0.25, -0.2) is 8.78 Å². The van der Waals surface area contributed by atoms with Crippen molar-refractivity contribution in [3.63, 3.8) is 0 Å². The molecule has 1 N–H and O–H groups in total. The summed E-state index contributed by atoms with van der Waals surface area (Å²) >= 11 is 0. The summed E-state index contributed by atoms with van der Waals surface area (Å²) in [5.41, 5.74) is -0.0237. The van der Waals surface area contributed by atoms with Crippen molar-refractivity contribution in [1.29, 1.82) is 0 Å². The van der Waals surface area contributed by atoms with E-state index in [4.69, 9.17) is 4.74 Å². The fourth-order valence-corrected chi connectivity index (χ4v) is 4.01. The minimum absolute atomic E-state index is 0.247. The number of hydrogen-bond acceptors (Lipinski definition) is 5. The molecule has 0 saturated carbocycles. The van der Waals surface area contributed by atoms with Gasteiger partial charge in [-0.1, -0.05) is 25.8 Å². The van der Waals surface area contributed by atoms with Gasteiger partial charge in [0.2, 0.25) is 0 Å². The van der Waals surface area contributed by atoms with Gasteiger partial charge in [0.25, 0.3) is 11.7 Å². The van der Waals surface area contributed by atoms with E-state index >= 15 is 0 Å². The van der Waals surface area contributed by atoms with Gasteiger partial charge >= 0.3 is 0 Å². The minimum atomic E-state index is -1.20. The summed E-state index contributed by atoms with van der Waals surface area (Å²) < 4.78 is 34.3. The summed E-state index contributed by atoms with van der Waals surface area (Å²) in [5, 5.41) is 11.1. The van der Waals surface area contributed by atoms with Crippen molar-refractivity contribution in [3.8, 4) is 5.75 Å². The number of anilines is 1. The van der Waals surface area contributed by atoms with E-state index in [1.54, 1.807) is 36.4 Å². The number of carbonyl (C=O) groups is 2. The van der Waals surface area contributed by atoms with Crippen molar-refractivity contribution < 1.29 is 28.2 Å². The Bertz CT molecular complexity index is 1260. The molecule has 1 atom stereocenters. The molecule has 8 heteroatoms. The zero-order chi connectivity index (χ0) is 24.9. The standard InChI is InChI=1S/C27H24F2N2O4/c1-2-3-4-14-35-20-10-7-17(8-11-20)25(32)23-24(18-6-5-13-30-16-18)31(27(34)26(23)33)22-15-19(28)9-12-21(22)29/h5-13,15-16,24,32H,2-4,14H2,1H3/b25-23+. The summed E-state index contributed by atoms with van der Waals surface area (Å²) in [6, 6.07) is 11.1. The number of nitrogens with zero attached hydrogens (tertiary/aromatic N) is 2. The zero-order valence-corrected chi connectivity index (χ0v) is 19.1. The van der Waals surface area contributed by atoms with E-state index in [1.807, 2.05) is 0 Å². The van der Waals surface area contributed by atoms with Crippen LogP contribution in [-0.4, -0.2) is 28.4 Å². The second-order valence-electron chi connectivity index (χ2n) is 8.13. The summed E-state index contributed by atoms with van der Waals surface area (Å²) in [4.78, 5) is 31.0. The highest BCUT2D eigenvalue weighted by Crippen LogP contribution is 2.42. The summed E-state index contributed by atoms with van der Waals surface area (Å²) in [6.45, 7) is 2.66. The second kappa shape index (κ2) is 10.5. The highest BCUT2D eigenvalue weighted by atomic mass is 19.1. The van der Waals surface area contributed by atoms with Gasteiger partial charge in [0.1, 0.15) is 23.1 Å². The molecule has 1 aliphatic heterocycles. The number of Topliss-reactive ketones (excluding diaryl/α,β-unsaturated/α-hetero) is 1. The first-order chi connectivity index (χ1) is 16.9. The fourth-order valence-electron chi connectivity index (χ4n) is 4.01. The van der Waals surface area contributed by atoms with Crippen LogP contribution < -0.4 is 9.64 Å². The molecule has 35 heavy (non-hydrogen) atoms. The van der Waals surface area contributed by atoms with Crippen LogP contribution in [0, 0.1) is 11.6 Å². The number of aromatic nitrogens is 1. The number of carbonyl (C=O) groups excluding carboxylic acids is 2. The molecule has 0 spiro atoms. The Hall–Kier alpha value is -4.07. The van der Waals surface area contributed by atoms with Gasteiger partial charge in [-0.15, -0.1) is 0 Å². The number of amides is 1. The Morgan fingerprint density at radius 2 is 1.86 bits per heavy atom. The lowest BCUT2D eigenvalue weighted by Gasteiger charge is -2.25. The largest absolute Gasteiger partial charge is 0.507 e. The lowest BCUT2D eigenvalue weighted by atomic mass is 9.96. The Balaban J connectivity index is 1.77. The molecule has 1 aliphatic rings. The molecule has 1 amide bonds. The highest BCUT2D eigenvalue weighted by molar-refractivity contribution is 6.51. The van der Waals surface area contributed by atoms with Crippen molar-refractivity contribution in [2.24, 2.45) is 0 Å². The lowest BCUT2D eigenvalue weighted by molar-refractivity contribution is -0.132. The van der Waals surface area contributed by atoms with Crippen LogP contribution in [-0.2, 0) is 9.59 Å². The Morgan fingerprint density at radius 1 is 1.09 bits per heavy atom. The van der Waals surface area contributed by atoms with Gasteiger partial charge in [0.05, 0.1) is 23.9 Å². The fraction of sp³-hybridized carbons (Fsp3) is 0.222. The molecule has 0 aliphatic carbocycles. The Kier molecular flexibility index (Phi) is 7.19. The third-order valence-electron chi connectivity index (χ3n) is 5.76. The Morgan fingerprint density at radius 3 is 2.54 bits per heavy atom. The molecular weight excluding hydrogens is 454 g/mol. The molecule has 1 saturated heterocycles. The van der Waals surface area contributed by atoms with E-state index in [2.05, 4.69) is 11.9 Å². The van der Waals surface area contributed by atoms with Gasteiger partial charge in [0.15, 0.2) is 0 Å². The van der Waals surface area contributed by atoms with Gasteiger partial charge in [-0.2, -0.15) is 0 Å². The van der Waals surface area contributed by atoms with E-state index in [1.165, 1.54) is 12.4 Å². The van der Waals surface area contributed by atoms with Crippen LogP contribution >= 0.6 is 0 Å². The van der Waals surface area contributed by atoms with E-state index in [-0.39, 0.29) is 11.1 Å². The van der Waals surface area contributed by atoms with Crippen molar-refractivity contribution >= 4 is 23.1 Å². The van der Waals surface area contributed by atoms with E-state index in [0.717, 1.165) is 42.4 Å². The number of pyridine rings is 1. The van der Waals surface area contributed by atoms with Gasteiger partial charge < -0.3 is 9.84 Å². The third-order valence-corrected chi connectivity index (χ3v) is 5.76. The first kappa shape index (κ1) is 24.1. The molecule has 0 bridgehead atoms. The van der Waals surface area contributed by atoms with Crippen LogP contribution in [0.2, 0.25) is 0 Å². The normalized spacial score (nSPS) is 17.1. The van der Waals surface area contributed by atoms with E-state index in [9.17, 15) is 23.5 Å². The first-order valence-electron chi connectivity index (χ1n) is 11.3. The maximum absolute atomic E-state index is 14.7. The topological polar surface area (TPSA) is 79.7 Å². The third kappa shape index (κ3) is 4.91. The van der Waals surface area contributed by atoms with Crippen LogP contribution in [0.15, 0.2) is 72.6 Å². The van der Waals surface area contributed by atoms with Crippen LogP contribution in [0.3, 0.4) is 0 Å². The average molecular weight is 478 g/mol. The van der Waals surface area contributed by atoms with Crippen molar-refractivity contribution in [2.75, 3.05) is 11.5 Å². The first-order valence-corrected chi connectivity index (χ1v) is 11.3. The molecule has 1 fully saturated rings. The highest BCUT2D eigenvalue weighted by Gasteiger charge is 2.48. The average Bonchev–Trinajstić information content (AvgIpc) is 3.14. The molecule has 1 aromatic heterocycles. The van der Waals surface area contributed by atoms with Gasteiger partial charge in [-0.05, 0) is 54.4 Å². The summed E-state index contributed by atoms with van der Waals surface area (Å²) in [7, 11) is 0. The smallest absolute Gasteiger partial charge is 0.300 e.